The highest BCUT2D eigenvalue weighted by Gasteiger charge is 2.37. The summed E-state index contributed by atoms with van der Waals surface area (Å²) >= 11 is 0. The predicted molar refractivity (Wildman–Crippen MR) is 87.5 cm³/mol. The van der Waals surface area contributed by atoms with E-state index in [1.165, 1.54) is 0 Å². The first-order valence-corrected chi connectivity index (χ1v) is 8.08. The second kappa shape index (κ2) is 7.01. The number of anilines is 1. The molecule has 0 aromatic heterocycles. The maximum Gasteiger partial charge on any atom is 0.416 e. The highest BCUT2D eigenvalue weighted by molar-refractivity contribution is 5.90. The second-order valence-corrected chi connectivity index (χ2v) is 6.34. The number of benzene rings is 2. The van der Waals surface area contributed by atoms with E-state index >= 15 is 0 Å². The van der Waals surface area contributed by atoms with Crippen LogP contribution < -0.4 is 10.6 Å². The molecule has 0 radical (unpaired) electrons. The molecule has 3 N–H and O–H groups in total. The summed E-state index contributed by atoms with van der Waals surface area (Å²) in [6.45, 7) is 0. The highest BCUT2D eigenvalue weighted by atomic mass is 19.4. The van der Waals surface area contributed by atoms with Gasteiger partial charge in [-0.2, -0.15) is 26.3 Å². The van der Waals surface area contributed by atoms with Crippen LogP contribution in [0.1, 0.15) is 28.3 Å². The molecule has 1 aliphatic rings. The van der Waals surface area contributed by atoms with Crippen molar-refractivity contribution in [3.8, 4) is 0 Å². The largest absolute Gasteiger partial charge is 0.416 e. The van der Waals surface area contributed by atoms with E-state index in [1.807, 2.05) is 5.32 Å². The Hall–Kier alpha value is -2.75. The predicted octanol–water partition coefficient (Wildman–Crippen LogP) is 4.50. The number of hydrogen-bond acceptors (Lipinski definition) is 2. The van der Waals surface area contributed by atoms with Gasteiger partial charge in [0, 0.05) is 12.1 Å². The number of aliphatic hydroxyl groups is 1. The van der Waals surface area contributed by atoms with Gasteiger partial charge in [-0.1, -0.05) is 24.3 Å². The maximum atomic E-state index is 12.9. The Bertz CT molecular complexity index is 862. The molecule has 3 rings (SSSR count). The van der Waals surface area contributed by atoms with Gasteiger partial charge in [0.25, 0.3) is 0 Å². The molecule has 0 unspecified atom stereocenters. The van der Waals surface area contributed by atoms with Crippen molar-refractivity contribution in [1.29, 1.82) is 0 Å². The summed E-state index contributed by atoms with van der Waals surface area (Å²) in [6.07, 6.45) is -10.7. The topological polar surface area (TPSA) is 61.4 Å². The molecular weight excluding hydrogens is 390 g/mol. The van der Waals surface area contributed by atoms with Crippen LogP contribution in [0.5, 0.6) is 0 Å². The standard InChI is InChI=1S/C18H14F6N2O2/c19-17(20,21)10-6-11(18(22,23)24)8-12(7-10)25-16(28)26-15-13-4-2-1-3-9(13)5-14(15)27/h1-4,6-8,14-15,27H,5H2,(H2,25,26,28)/t14-,15-/m1/s1. The molecule has 150 valence electrons. The van der Waals surface area contributed by atoms with Crippen molar-refractivity contribution < 1.29 is 36.2 Å². The van der Waals surface area contributed by atoms with Crippen molar-refractivity contribution in [2.24, 2.45) is 0 Å². The molecule has 0 heterocycles. The van der Waals surface area contributed by atoms with E-state index in [2.05, 4.69) is 5.32 Å². The van der Waals surface area contributed by atoms with Gasteiger partial charge in [-0.15, -0.1) is 0 Å². The average Bonchev–Trinajstić information content (AvgIpc) is 2.88. The zero-order valence-electron chi connectivity index (χ0n) is 14.0. The van der Waals surface area contributed by atoms with Gasteiger partial charge in [0.1, 0.15) is 0 Å². The third kappa shape index (κ3) is 4.22. The first-order valence-electron chi connectivity index (χ1n) is 8.08. The van der Waals surface area contributed by atoms with Gasteiger partial charge in [0.05, 0.1) is 23.3 Å². The lowest BCUT2D eigenvalue weighted by Gasteiger charge is -2.19. The number of amides is 2. The number of rotatable bonds is 2. The monoisotopic (exact) mass is 404 g/mol. The van der Waals surface area contributed by atoms with E-state index in [0.29, 0.717) is 17.7 Å². The highest BCUT2D eigenvalue weighted by Crippen LogP contribution is 2.37. The zero-order valence-corrected chi connectivity index (χ0v) is 14.0. The molecule has 4 nitrogen and oxygen atoms in total. The fourth-order valence-corrected chi connectivity index (χ4v) is 3.08. The SMILES string of the molecule is O=C(Nc1cc(C(F)(F)F)cc(C(F)(F)F)c1)N[C@@H]1c2ccccc2C[C@H]1O. The van der Waals surface area contributed by atoms with Crippen LogP contribution in [0, 0.1) is 0 Å². The average molecular weight is 404 g/mol. The summed E-state index contributed by atoms with van der Waals surface area (Å²) in [5, 5.41) is 14.5. The fraction of sp³-hybridized carbons (Fsp3) is 0.278. The molecule has 2 amide bonds. The number of fused-ring (bicyclic) bond motifs is 1. The molecule has 0 saturated heterocycles. The van der Waals surface area contributed by atoms with Gasteiger partial charge >= 0.3 is 18.4 Å². The van der Waals surface area contributed by atoms with Crippen LogP contribution in [0.4, 0.5) is 36.8 Å². The Kier molecular flexibility index (Phi) is 5.00. The number of halogens is 6. The number of hydrogen-bond donors (Lipinski definition) is 3. The quantitative estimate of drug-likeness (QED) is 0.646. The lowest BCUT2D eigenvalue weighted by Crippen LogP contribution is -2.36. The smallest absolute Gasteiger partial charge is 0.390 e. The zero-order chi connectivity index (χ0) is 20.7. The van der Waals surface area contributed by atoms with E-state index in [0.717, 1.165) is 5.56 Å². The summed E-state index contributed by atoms with van der Waals surface area (Å²) in [5.74, 6) is 0. The molecule has 10 heteroatoms. The van der Waals surface area contributed by atoms with Crippen molar-refractivity contribution in [3.05, 3.63) is 64.7 Å². The van der Waals surface area contributed by atoms with E-state index in [1.54, 1.807) is 24.3 Å². The van der Waals surface area contributed by atoms with Crippen LogP contribution in [0.15, 0.2) is 42.5 Å². The minimum Gasteiger partial charge on any atom is -0.390 e. The van der Waals surface area contributed by atoms with E-state index in [4.69, 9.17) is 0 Å². The summed E-state index contributed by atoms with van der Waals surface area (Å²) in [6, 6.07) is 5.78. The van der Waals surface area contributed by atoms with Crippen LogP contribution in [0.25, 0.3) is 0 Å². The van der Waals surface area contributed by atoms with E-state index in [9.17, 15) is 36.2 Å². The van der Waals surface area contributed by atoms with Gasteiger partial charge in [-0.05, 0) is 29.3 Å². The van der Waals surface area contributed by atoms with Crippen LogP contribution in [-0.4, -0.2) is 17.2 Å². The second-order valence-electron chi connectivity index (χ2n) is 6.34. The Morgan fingerprint density at radius 3 is 2.11 bits per heavy atom. The van der Waals surface area contributed by atoms with E-state index < -0.39 is 47.3 Å². The van der Waals surface area contributed by atoms with Crippen molar-refractivity contribution in [1.82, 2.24) is 5.32 Å². The number of nitrogens with one attached hydrogen (secondary N) is 2. The maximum absolute atomic E-state index is 12.9. The Labute approximate surface area is 155 Å². The third-order valence-corrected chi connectivity index (χ3v) is 4.34. The van der Waals surface area contributed by atoms with Crippen molar-refractivity contribution in [2.45, 2.75) is 30.9 Å². The molecule has 2 aromatic carbocycles. The van der Waals surface area contributed by atoms with Crippen molar-refractivity contribution >= 4 is 11.7 Å². The van der Waals surface area contributed by atoms with Crippen LogP contribution in [0.2, 0.25) is 0 Å². The lowest BCUT2D eigenvalue weighted by molar-refractivity contribution is -0.143. The molecule has 0 saturated carbocycles. The number of aliphatic hydroxyl groups excluding tert-OH is 1. The van der Waals surface area contributed by atoms with Gasteiger partial charge in [0.2, 0.25) is 0 Å². The number of carbonyl (C=O) groups is 1. The molecule has 0 spiro atoms. The summed E-state index contributed by atoms with van der Waals surface area (Å²) in [4.78, 5) is 12.1. The fourth-order valence-electron chi connectivity index (χ4n) is 3.08. The number of urea groups is 1. The van der Waals surface area contributed by atoms with Crippen molar-refractivity contribution in [2.75, 3.05) is 5.32 Å². The number of alkyl halides is 6. The third-order valence-electron chi connectivity index (χ3n) is 4.34. The van der Waals surface area contributed by atoms with Crippen LogP contribution in [0.3, 0.4) is 0 Å². The molecular formula is C18H14F6N2O2. The first-order chi connectivity index (χ1) is 12.9. The molecule has 0 bridgehead atoms. The minimum atomic E-state index is -5.02. The Morgan fingerprint density at radius 1 is 0.964 bits per heavy atom. The summed E-state index contributed by atoms with van der Waals surface area (Å²) < 4.78 is 77.3. The lowest BCUT2D eigenvalue weighted by atomic mass is 10.1. The van der Waals surface area contributed by atoms with Gasteiger partial charge in [0.15, 0.2) is 0 Å². The summed E-state index contributed by atoms with van der Waals surface area (Å²) in [5.41, 5.74) is -2.32. The van der Waals surface area contributed by atoms with Crippen LogP contribution >= 0.6 is 0 Å². The van der Waals surface area contributed by atoms with Gasteiger partial charge in [-0.3, -0.25) is 0 Å². The van der Waals surface area contributed by atoms with Gasteiger partial charge in [-0.25, -0.2) is 4.79 Å². The minimum absolute atomic E-state index is 0.0277. The van der Waals surface area contributed by atoms with Crippen LogP contribution in [-0.2, 0) is 18.8 Å². The number of carbonyl (C=O) groups excluding carboxylic acids is 1. The molecule has 1 aliphatic carbocycles. The molecule has 0 fully saturated rings. The Balaban J connectivity index is 1.82. The van der Waals surface area contributed by atoms with Crippen molar-refractivity contribution in [3.63, 3.8) is 0 Å². The normalized spacial score (nSPS) is 19.2. The molecule has 2 atom stereocenters. The first kappa shape index (κ1) is 20.0. The Morgan fingerprint density at radius 2 is 1.54 bits per heavy atom. The van der Waals surface area contributed by atoms with Gasteiger partial charge < -0.3 is 15.7 Å². The molecule has 28 heavy (non-hydrogen) atoms. The van der Waals surface area contributed by atoms with E-state index in [-0.39, 0.29) is 12.5 Å². The summed E-state index contributed by atoms with van der Waals surface area (Å²) in [7, 11) is 0. The molecule has 0 aliphatic heterocycles. The molecule has 2 aromatic rings.